The van der Waals surface area contributed by atoms with Crippen molar-refractivity contribution in [1.29, 1.82) is 5.26 Å². The molecule has 1 atom stereocenters. The van der Waals surface area contributed by atoms with Crippen LogP contribution in [0.2, 0.25) is 0 Å². The van der Waals surface area contributed by atoms with Gasteiger partial charge in [0.1, 0.15) is 0 Å². The molecule has 0 radical (unpaired) electrons. The quantitative estimate of drug-likeness (QED) is 0.710. The molecule has 1 unspecified atom stereocenters. The van der Waals surface area contributed by atoms with Crippen LogP contribution in [0.25, 0.3) is 0 Å². The summed E-state index contributed by atoms with van der Waals surface area (Å²) in [5.41, 5.74) is -0.256. The third-order valence-corrected chi connectivity index (χ3v) is 2.94. The molecule has 0 saturated carbocycles. The molecule has 0 spiro atoms. The zero-order chi connectivity index (χ0) is 11.5. The largest absolute Gasteiger partial charge is 0.342 e. The fourth-order valence-electron chi connectivity index (χ4n) is 1.95. The van der Waals surface area contributed by atoms with Gasteiger partial charge in [-0.3, -0.25) is 4.79 Å². The maximum atomic E-state index is 11.5. The summed E-state index contributed by atoms with van der Waals surface area (Å²) in [6.07, 6.45) is 2.49. The molecule has 0 aromatic rings. The number of hydrogen-bond acceptors (Lipinski definition) is 2. The average molecular weight is 208 g/mol. The van der Waals surface area contributed by atoms with Crippen LogP contribution in [-0.4, -0.2) is 23.9 Å². The Labute approximate surface area is 92.1 Å². The lowest BCUT2D eigenvalue weighted by Gasteiger charge is -2.19. The molecular formula is C12H20N2O. The molecule has 1 aliphatic rings. The normalized spacial score (nSPS) is 21.9. The van der Waals surface area contributed by atoms with E-state index in [2.05, 4.69) is 13.0 Å². The van der Waals surface area contributed by atoms with Crippen molar-refractivity contribution < 1.29 is 4.79 Å². The number of nitriles is 1. The lowest BCUT2D eigenvalue weighted by molar-refractivity contribution is -0.127. The second-order valence-corrected chi connectivity index (χ2v) is 5.25. The summed E-state index contributed by atoms with van der Waals surface area (Å²) >= 11 is 0. The maximum Gasteiger partial charge on any atom is 0.222 e. The summed E-state index contributed by atoms with van der Waals surface area (Å²) in [6, 6.07) is 2.28. The minimum Gasteiger partial charge on any atom is -0.342 e. The van der Waals surface area contributed by atoms with E-state index in [0.717, 1.165) is 25.9 Å². The number of nitrogens with zero attached hydrogens (tertiary/aromatic N) is 2. The van der Waals surface area contributed by atoms with Crippen LogP contribution >= 0.6 is 0 Å². The van der Waals surface area contributed by atoms with Crippen molar-refractivity contribution >= 4 is 5.91 Å². The van der Waals surface area contributed by atoms with Crippen molar-refractivity contribution in [3.05, 3.63) is 0 Å². The molecule has 0 aliphatic carbocycles. The summed E-state index contributed by atoms with van der Waals surface area (Å²) in [7, 11) is 0. The first-order valence-electron chi connectivity index (χ1n) is 5.63. The van der Waals surface area contributed by atoms with E-state index in [1.807, 2.05) is 18.7 Å². The monoisotopic (exact) mass is 208 g/mol. The summed E-state index contributed by atoms with van der Waals surface area (Å²) in [6.45, 7) is 7.71. The molecule has 0 aromatic carbocycles. The van der Waals surface area contributed by atoms with Gasteiger partial charge in [-0.15, -0.1) is 0 Å². The Morgan fingerprint density at radius 3 is 2.73 bits per heavy atom. The van der Waals surface area contributed by atoms with E-state index in [1.165, 1.54) is 0 Å². The first kappa shape index (κ1) is 12.0. The van der Waals surface area contributed by atoms with E-state index in [-0.39, 0.29) is 11.3 Å². The molecule has 1 amide bonds. The minimum absolute atomic E-state index is 0.256. The van der Waals surface area contributed by atoms with Crippen LogP contribution in [-0.2, 0) is 4.79 Å². The van der Waals surface area contributed by atoms with Crippen LogP contribution in [0.4, 0.5) is 0 Å². The van der Waals surface area contributed by atoms with Crippen molar-refractivity contribution in [1.82, 2.24) is 4.90 Å². The van der Waals surface area contributed by atoms with Gasteiger partial charge in [-0.2, -0.15) is 5.26 Å². The number of hydrogen-bond donors (Lipinski definition) is 0. The van der Waals surface area contributed by atoms with Crippen molar-refractivity contribution in [2.45, 2.75) is 40.0 Å². The number of rotatable bonds is 4. The third kappa shape index (κ3) is 3.54. The molecule has 1 fully saturated rings. The molecule has 3 heteroatoms. The van der Waals surface area contributed by atoms with Crippen LogP contribution in [0.15, 0.2) is 0 Å². The molecule has 0 bridgehead atoms. The Balaban J connectivity index is 2.27. The predicted molar refractivity (Wildman–Crippen MR) is 59.0 cm³/mol. The SMILES string of the molecule is CC1CC(=O)N(CCCC(C)(C)C#N)C1. The van der Waals surface area contributed by atoms with Crippen molar-refractivity contribution in [3.63, 3.8) is 0 Å². The van der Waals surface area contributed by atoms with Crippen LogP contribution in [0.3, 0.4) is 0 Å². The first-order chi connectivity index (χ1) is 6.94. The molecule has 1 aliphatic heterocycles. The fourth-order valence-corrected chi connectivity index (χ4v) is 1.95. The van der Waals surface area contributed by atoms with E-state index in [9.17, 15) is 4.79 Å². The van der Waals surface area contributed by atoms with Crippen molar-refractivity contribution in [2.24, 2.45) is 11.3 Å². The highest BCUT2D eigenvalue weighted by Gasteiger charge is 2.26. The number of amides is 1. The molecule has 15 heavy (non-hydrogen) atoms. The zero-order valence-corrected chi connectivity index (χ0v) is 9.92. The lowest BCUT2D eigenvalue weighted by Crippen LogP contribution is -2.27. The molecule has 1 heterocycles. The van der Waals surface area contributed by atoms with E-state index in [0.29, 0.717) is 12.3 Å². The summed E-state index contributed by atoms with van der Waals surface area (Å²) in [4.78, 5) is 13.4. The van der Waals surface area contributed by atoms with Gasteiger partial charge < -0.3 is 4.90 Å². The van der Waals surface area contributed by atoms with Crippen LogP contribution < -0.4 is 0 Å². The van der Waals surface area contributed by atoms with Crippen molar-refractivity contribution in [2.75, 3.05) is 13.1 Å². The van der Waals surface area contributed by atoms with Gasteiger partial charge >= 0.3 is 0 Å². The Morgan fingerprint density at radius 2 is 2.27 bits per heavy atom. The van der Waals surface area contributed by atoms with E-state index >= 15 is 0 Å². The molecule has 1 saturated heterocycles. The van der Waals surface area contributed by atoms with E-state index in [4.69, 9.17) is 5.26 Å². The van der Waals surface area contributed by atoms with Gasteiger partial charge in [0.15, 0.2) is 0 Å². The molecule has 84 valence electrons. The molecule has 1 rings (SSSR count). The first-order valence-corrected chi connectivity index (χ1v) is 5.63. The highest BCUT2D eigenvalue weighted by Crippen LogP contribution is 2.22. The second kappa shape index (κ2) is 4.65. The fraction of sp³-hybridized carbons (Fsp3) is 0.833. The van der Waals surface area contributed by atoms with Crippen LogP contribution in [0.1, 0.15) is 40.0 Å². The highest BCUT2D eigenvalue weighted by atomic mass is 16.2. The van der Waals surface area contributed by atoms with Gasteiger partial charge in [-0.05, 0) is 32.6 Å². The van der Waals surface area contributed by atoms with Gasteiger partial charge in [0.2, 0.25) is 5.91 Å². The molecular weight excluding hydrogens is 188 g/mol. The summed E-state index contributed by atoms with van der Waals surface area (Å²) in [5.74, 6) is 0.777. The van der Waals surface area contributed by atoms with Crippen LogP contribution in [0.5, 0.6) is 0 Å². The van der Waals surface area contributed by atoms with Gasteiger partial charge in [0.25, 0.3) is 0 Å². The smallest absolute Gasteiger partial charge is 0.222 e. The Morgan fingerprint density at radius 1 is 1.60 bits per heavy atom. The van der Waals surface area contributed by atoms with E-state index < -0.39 is 0 Å². The van der Waals surface area contributed by atoms with Gasteiger partial charge in [-0.25, -0.2) is 0 Å². The Bertz CT molecular complexity index is 278. The van der Waals surface area contributed by atoms with Crippen LogP contribution in [0, 0.1) is 22.7 Å². The van der Waals surface area contributed by atoms with Gasteiger partial charge in [0, 0.05) is 19.5 Å². The second-order valence-electron chi connectivity index (χ2n) is 5.25. The zero-order valence-electron chi connectivity index (χ0n) is 9.92. The summed E-state index contributed by atoms with van der Waals surface area (Å²) in [5, 5.41) is 8.85. The van der Waals surface area contributed by atoms with Crippen molar-refractivity contribution in [3.8, 4) is 6.07 Å². The van der Waals surface area contributed by atoms with E-state index in [1.54, 1.807) is 0 Å². The van der Waals surface area contributed by atoms with Gasteiger partial charge in [-0.1, -0.05) is 6.92 Å². The standard InChI is InChI=1S/C12H20N2O/c1-10-7-11(15)14(8-10)6-4-5-12(2,3)9-13/h10H,4-8H2,1-3H3. The Kier molecular flexibility index (Phi) is 3.73. The lowest BCUT2D eigenvalue weighted by atomic mass is 9.90. The predicted octanol–water partition coefficient (Wildman–Crippen LogP) is 2.18. The third-order valence-electron chi connectivity index (χ3n) is 2.94. The highest BCUT2D eigenvalue weighted by molar-refractivity contribution is 5.78. The number of carbonyl (C=O) groups excluding carboxylic acids is 1. The maximum absolute atomic E-state index is 11.5. The topological polar surface area (TPSA) is 44.1 Å². The molecule has 0 aromatic heterocycles. The van der Waals surface area contributed by atoms with Gasteiger partial charge in [0.05, 0.1) is 11.5 Å². The summed E-state index contributed by atoms with van der Waals surface area (Å²) < 4.78 is 0. The molecule has 3 nitrogen and oxygen atoms in total. The molecule has 0 N–H and O–H groups in total. The Hall–Kier alpha value is -1.04. The average Bonchev–Trinajstić information content (AvgIpc) is 2.45. The number of carbonyl (C=O) groups is 1. The number of likely N-dealkylation sites (tertiary alicyclic amines) is 1. The minimum atomic E-state index is -0.256.